The number of thiophene rings is 1. The van der Waals surface area contributed by atoms with Crippen LogP contribution in [0.4, 0.5) is 0 Å². The molecule has 33 heavy (non-hydrogen) atoms. The average Bonchev–Trinajstić information content (AvgIpc) is 3.27. The lowest BCUT2D eigenvalue weighted by Gasteiger charge is -2.11. The van der Waals surface area contributed by atoms with E-state index in [-0.39, 0.29) is 0 Å². The molecular formula is C30H18N2S. The number of aromatic nitrogens is 2. The smallest absolute Gasteiger partial charge is 0.0973 e. The fourth-order valence-corrected chi connectivity index (χ4v) is 5.90. The molecule has 0 aliphatic rings. The van der Waals surface area contributed by atoms with Crippen LogP contribution >= 0.6 is 11.3 Å². The van der Waals surface area contributed by atoms with Crippen molar-refractivity contribution < 1.29 is 0 Å². The monoisotopic (exact) mass is 438 g/mol. The van der Waals surface area contributed by atoms with Crippen molar-refractivity contribution in [1.29, 1.82) is 0 Å². The normalized spacial score (nSPS) is 11.6. The molecule has 2 heterocycles. The second-order valence-corrected chi connectivity index (χ2v) is 9.30. The van der Waals surface area contributed by atoms with Crippen LogP contribution in [-0.4, -0.2) is 9.97 Å². The van der Waals surface area contributed by atoms with Crippen LogP contribution in [0.3, 0.4) is 0 Å². The van der Waals surface area contributed by atoms with Gasteiger partial charge in [-0.05, 0) is 35.0 Å². The van der Waals surface area contributed by atoms with E-state index in [1.54, 1.807) is 0 Å². The third-order valence-electron chi connectivity index (χ3n) is 6.25. The van der Waals surface area contributed by atoms with E-state index in [0.29, 0.717) is 0 Å². The molecule has 0 saturated heterocycles. The van der Waals surface area contributed by atoms with Crippen molar-refractivity contribution in [3.8, 4) is 22.5 Å². The molecule has 0 bridgehead atoms. The predicted molar refractivity (Wildman–Crippen MR) is 141 cm³/mol. The molecule has 5 aromatic carbocycles. The lowest BCUT2D eigenvalue weighted by atomic mass is 9.99. The van der Waals surface area contributed by atoms with Gasteiger partial charge in [0.15, 0.2) is 0 Å². The van der Waals surface area contributed by atoms with E-state index in [1.807, 2.05) is 41.7 Å². The van der Waals surface area contributed by atoms with Crippen molar-refractivity contribution in [3.05, 3.63) is 109 Å². The van der Waals surface area contributed by atoms with Crippen molar-refractivity contribution in [2.75, 3.05) is 0 Å². The molecule has 0 aliphatic carbocycles. The fraction of sp³-hybridized carbons (Fsp3) is 0. The summed E-state index contributed by atoms with van der Waals surface area (Å²) in [5.41, 5.74) is 5.81. The van der Waals surface area contributed by atoms with E-state index in [1.165, 1.54) is 30.9 Å². The summed E-state index contributed by atoms with van der Waals surface area (Å²) in [6.45, 7) is 0. The lowest BCUT2D eigenvalue weighted by molar-refractivity contribution is 1.29. The van der Waals surface area contributed by atoms with Gasteiger partial charge in [0.05, 0.1) is 22.4 Å². The summed E-state index contributed by atoms with van der Waals surface area (Å²) in [6, 6.07) is 38.2. The highest BCUT2D eigenvalue weighted by Crippen LogP contribution is 2.40. The standard InChI is InChI=1S/C30H18N2S/c1-2-8-19(9-3-1)28-29(32-26-12-6-5-11-25(26)31-28)21-15-16-22-20(18-21)14-17-24-23-10-4-7-13-27(23)33-30(22)24/h1-18H. The van der Waals surface area contributed by atoms with Gasteiger partial charge in [-0.2, -0.15) is 0 Å². The Bertz CT molecular complexity index is 1820. The minimum absolute atomic E-state index is 0.909. The van der Waals surface area contributed by atoms with Gasteiger partial charge in [0, 0.05) is 31.3 Å². The van der Waals surface area contributed by atoms with Gasteiger partial charge in [0.25, 0.3) is 0 Å². The van der Waals surface area contributed by atoms with Gasteiger partial charge in [0.1, 0.15) is 0 Å². The number of hydrogen-bond acceptors (Lipinski definition) is 3. The minimum Gasteiger partial charge on any atom is -0.244 e. The van der Waals surface area contributed by atoms with Crippen LogP contribution in [0.25, 0.3) is 64.5 Å². The molecule has 0 N–H and O–H groups in total. The number of nitrogens with zero attached hydrogens (tertiary/aromatic N) is 2. The minimum atomic E-state index is 0.909. The topological polar surface area (TPSA) is 25.8 Å². The molecule has 0 saturated carbocycles. The van der Waals surface area contributed by atoms with Gasteiger partial charge in [-0.3, -0.25) is 0 Å². The van der Waals surface area contributed by atoms with E-state index in [2.05, 4.69) is 78.9 Å². The fourth-order valence-electron chi connectivity index (χ4n) is 4.66. The Hall–Kier alpha value is -4.08. The Morgan fingerprint density at radius 2 is 1.15 bits per heavy atom. The first-order valence-electron chi connectivity index (χ1n) is 11.0. The van der Waals surface area contributed by atoms with Crippen molar-refractivity contribution in [2.24, 2.45) is 0 Å². The number of hydrogen-bond donors (Lipinski definition) is 0. The maximum atomic E-state index is 5.07. The van der Waals surface area contributed by atoms with E-state index >= 15 is 0 Å². The van der Waals surface area contributed by atoms with Gasteiger partial charge >= 0.3 is 0 Å². The summed E-state index contributed by atoms with van der Waals surface area (Å²) >= 11 is 1.87. The van der Waals surface area contributed by atoms with Crippen LogP contribution in [0.15, 0.2) is 109 Å². The molecule has 2 nitrogen and oxygen atoms in total. The Morgan fingerprint density at radius 1 is 0.485 bits per heavy atom. The SMILES string of the molecule is c1ccc(-c2nc3ccccc3nc2-c2ccc3c(ccc4c5ccccc5sc34)c2)cc1. The molecule has 0 aliphatic heterocycles. The number of benzene rings is 5. The Labute approximate surface area is 194 Å². The van der Waals surface area contributed by atoms with E-state index in [9.17, 15) is 0 Å². The zero-order chi connectivity index (χ0) is 21.8. The lowest BCUT2D eigenvalue weighted by Crippen LogP contribution is -1.95. The van der Waals surface area contributed by atoms with Crippen LogP contribution < -0.4 is 0 Å². The van der Waals surface area contributed by atoms with Gasteiger partial charge < -0.3 is 0 Å². The molecule has 0 radical (unpaired) electrons. The third-order valence-corrected chi connectivity index (χ3v) is 7.47. The van der Waals surface area contributed by atoms with E-state index in [4.69, 9.17) is 9.97 Å². The zero-order valence-electron chi connectivity index (χ0n) is 17.7. The number of fused-ring (bicyclic) bond motifs is 6. The van der Waals surface area contributed by atoms with Crippen molar-refractivity contribution in [2.45, 2.75) is 0 Å². The van der Waals surface area contributed by atoms with Crippen LogP contribution in [0.2, 0.25) is 0 Å². The van der Waals surface area contributed by atoms with Crippen molar-refractivity contribution in [1.82, 2.24) is 9.97 Å². The molecular weight excluding hydrogens is 420 g/mol. The summed E-state index contributed by atoms with van der Waals surface area (Å²) in [4.78, 5) is 10.1. The molecule has 154 valence electrons. The number of rotatable bonds is 2. The Kier molecular flexibility index (Phi) is 4.05. The first kappa shape index (κ1) is 18.5. The van der Waals surface area contributed by atoms with Crippen LogP contribution in [0.1, 0.15) is 0 Å². The summed E-state index contributed by atoms with van der Waals surface area (Å²) < 4.78 is 2.67. The second-order valence-electron chi connectivity index (χ2n) is 8.25. The maximum Gasteiger partial charge on any atom is 0.0973 e. The summed E-state index contributed by atoms with van der Waals surface area (Å²) in [5, 5.41) is 5.16. The third kappa shape index (κ3) is 2.94. The quantitative estimate of drug-likeness (QED) is 0.270. The highest BCUT2D eigenvalue weighted by molar-refractivity contribution is 7.26. The second kappa shape index (κ2) is 7.22. The molecule has 7 rings (SSSR count). The molecule has 0 amide bonds. The summed E-state index contributed by atoms with van der Waals surface area (Å²) in [7, 11) is 0. The summed E-state index contributed by atoms with van der Waals surface area (Å²) in [6.07, 6.45) is 0. The van der Waals surface area contributed by atoms with Crippen LogP contribution in [-0.2, 0) is 0 Å². The van der Waals surface area contributed by atoms with Gasteiger partial charge in [-0.25, -0.2) is 9.97 Å². The van der Waals surface area contributed by atoms with Gasteiger partial charge in [-0.1, -0.05) is 84.9 Å². The highest BCUT2D eigenvalue weighted by atomic mass is 32.1. The molecule has 0 fully saturated rings. The van der Waals surface area contributed by atoms with Crippen molar-refractivity contribution in [3.63, 3.8) is 0 Å². The largest absolute Gasteiger partial charge is 0.244 e. The van der Waals surface area contributed by atoms with Gasteiger partial charge in [-0.15, -0.1) is 11.3 Å². The predicted octanol–water partition coefficient (Wildman–Crippen LogP) is 8.48. The summed E-state index contributed by atoms with van der Waals surface area (Å²) in [5.74, 6) is 0. The van der Waals surface area contributed by atoms with Gasteiger partial charge in [0.2, 0.25) is 0 Å². The van der Waals surface area contributed by atoms with Crippen molar-refractivity contribution >= 4 is 53.3 Å². The Balaban J connectivity index is 1.49. The average molecular weight is 439 g/mol. The first-order valence-corrected chi connectivity index (χ1v) is 11.8. The zero-order valence-corrected chi connectivity index (χ0v) is 18.5. The maximum absolute atomic E-state index is 5.07. The van der Waals surface area contributed by atoms with Crippen LogP contribution in [0.5, 0.6) is 0 Å². The number of para-hydroxylation sites is 2. The first-order chi connectivity index (χ1) is 16.3. The van der Waals surface area contributed by atoms with E-state index < -0.39 is 0 Å². The molecule has 7 aromatic rings. The highest BCUT2D eigenvalue weighted by Gasteiger charge is 2.15. The van der Waals surface area contributed by atoms with Crippen LogP contribution in [0, 0.1) is 0 Å². The molecule has 2 aromatic heterocycles. The Morgan fingerprint density at radius 3 is 1.97 bits per heavy atom. The molecule has 0 spiro atoms. The van der Waals surface area contributed by atoms with E-state index in [0.717, 1.165) is 33.5 Å². The molecule has 0 atom stereocenters. The molecule has 0 unspecified atom stereocenters. The molecule has 3 heteroatoms.